The van der Waals surface area contributed by atoms with Crippen LogP contribution in [0, 0.1) is 3.82 Å². The smallest absolute Gasteiger partial charge is 0.298 e. The van der Waals surface area contributed by atoms with Crippen LogP contribution < -0.4 is 4.74 Å². The Morgan fingerprint density at radius 1 is 0.968 bits per heavy atom. The number of rotatable bonds is 14. The maximum atomic E-state index is 11.7. The molecule has 0 amide bonds. The van der Waals surface area contributed by atoms with Crippen LogP contribution in [0.3, 0.4) is 0 Å². The monoisotopic (exact) mass is 511 g/mol. The molecule has 0 aliphatic carbocycles. The number of benzene rings is 1. The molecule has 0 saturated heterocycles. The van der Waals surface area contributed by atoms with Gasteiger partial charge in [-0.1, -0.05) is 104 Å². The summed E-state index contributed by atoms with van der Waals surface area (Å²) < 4.78 is 38.8. The predicted octanol–water partition coefficient (Wildman–Crippen LogP) is 7.54. The van der Waals surface area contributed by atoms with Gasteiger partial charge >= 0.3 is 0 Å². The van der Waals surface area contributed by atoms with Crippen molar-refractivity contribution in [1.29, 1.82) is 0 Å². The number of methoxy groups -OCH3 is 1. The van der Waals surface area contributed by atoms with Gasteiger partial charge in [-0.05, 0) is 30.5 Å². The fourth-order valence-corrected chi connectivity index (χ4v) is 7.21. The molecule has 0 unspecified atom stereocenters. The molecule has 0 spiro atoms. The summed E-state index contributed by atoms with van der Waals surface area (Å²) >= 11 is 5.52. The van der Waals surface area contributed by atoms with Gasteiger partial charge in [0.05, 0.1) is 7.11 Å². The standard InChI is InChI=1S/C22H32O4S4.Na/c1-3-4-5-6-7-8-9-10-11-12-13-19-21(22(27)29-28-19)17-14-15-18(26-2)20(16-17)30(23,24)25;/h14-16H,3-13H2,1-2H3,(H,23,24,25);. The first-order chi connectivity index (χ1) is 14.4. The SMILES string of the molecule is CCCCCCCCCCCCc1ssc(=S)c1-c1ccc(OC)c(S(=O)(=O)O)c1.[Na]. The van der Waals surface area contributed by atoms with E-state index >= 15 is 0 Å². The van der Waals surface area contributed by atoms with E-state index in [2.05, 4.69) is 6.92 Å². The Balaban J connectivity index is 0.00000480. The van der Waals surface area contributed by atoms with Crippen molar-refractivity contribution in [1.82, 2.24) is 0 Å². The zero-order valence-corrected chi connectivity index (χ0v) is 24.1. The largest absolute Gasteiger partial charge is 0.495 e. The summed E-state index contributed by atoms with van der Waals surface area (Å²) in [6.45, 7) is 2.25. The van der Waals surface area contributed by atoms with Crippen LogP contribution in [-0.4, -0.2) is 49.6 Å². The third kappa shape index (κ3) is 9.53. The van der Waals surface area contributed by atoms with Crippen LogP contribution in [0.15, 0.2) is 23.1 Å². The van der Waals surface area contributed by atoms with Gasteiger partial charge in [-0.25, -0.2) is 0 Å². The Bertz CT molecular complexity index is 951. The van der Waals surface area contributed by atoms with E-state index in [1.165, 1.54) is 75.8 Å². The van der Waals surface area contributed by atoms with E-state index in [9.17, 15) is 13.0 Å². The molecular weight excluding hydrogens is 479 g/mol. The molecular formula is C22H32NaO4S4. The zero-order valence-electron chi connectivity index (χ0n) is 18.8. The normalized spacial score (nSPS) is 11.3. The van der Waals surface area contributed by atoms with Crippen molar-refractivity contribution in [2.75, 3.05) is 7.11 Å². The summed E-state index contributed by atoms with van der Waals surface area (Å²) in [5.41, 5.74) is 1.64. The third-order valence-electron chi connectivity index (χ3n) is 5.19. The molecule has 0 fully saturated rings. The summed E-state index contributed by atoms with van der Waals surface area (Å²) in [7, 11) is 0.218. The van der Waals surface area contributed by atoms with E-state index in [0.29, 0.717) is 5.56 Å². The van der Waals surface area contributed by atoms with Crippen LogP contribution in [-0.2, 0) is 16.5 Å². The van der Waals surface area contributed by atoms with Gasteiger partial charge in [0.2, 0.25) is 0 Å². The summed E-state index contributed by atoms with van der Waals surface area (Å²) in [5.74, 6) is 0.127. The number of unbranched alkanes of at least 4 members (excludes halogenated alkanes) is 9. The van der Waals surface area contributed by atoms with Crippen molar-refractivity contribution in [3.8, 4) is 16.9 Å². The van der Waals surface area contributed by atoms with Crippen molar-refractivity contribution >= 4 is 72.6 Å². The quantitative estimate of drug-likeness (QED) is 0.0933. The van der Waals surface area contributed by atoms with Crippen LogP contribution in [0.25, 0.3) is 11.1 Å². The minimum absolute atomic E-state index is 0. The topological polar surface area (TPSA) is 63.6 Å². The van der Waals surface area contributed by atoms with Crippen LogP contribution in [0.1, 0.15) is 76.0 Å². The fraction of sp³-hybridized carbons (Fsp3) is 0.591. The summed E-state index contributed by atoms with van der Waals surface area (Å²) in [6.07, 6.45) is 13.9. The van der Waals surface area contributed by atoms with E-state index in [0.717, 1.165) is 22.2 Å². The molecule has 31 heavy (non-hydrogen) atoms. The molecule has 2 rings (SSSR count). The van der Waals surface area contributed by atoms with E-state index < -0.39 is 10.1 Å². The van der Waals surface area contributed by atoms with Gasteiger partial charge in [-0.2, -0.15) is 8.42 Å². The average molecular weight is 512 g/mol. The molecule has 1 aromatic heterocycles. The number of hydrogen-bond acceptors (Lipinski definition) is 6. The van der Waals surface area contributed by atoms with E-state index in [4.69, 9.17) is 17.0 Å². The third-order valence-corrected chi connectivity index (χ3v) is 9.24. The Morgan fingerprint density at radius 3 is 2.10 bits per heavy atom. The Hall–Kier alpha value is 0.200. The minimum Gasteiger partial charge on any atom is -0.495 e. The van der Waals surface area contributed by atoms with Crippen LogP contribution in [0.2, 0.25) is 0 Å². The molecule has 1 radical (unpaired) electrons. The first-order valence-corrected chi connectivity index (χ1v) is 14.7. The molecule has 2 aromatic rings. The molecule has 1 heterocycles. The second-order valence-electron chi connectivity index (χ2n) is 7.52. The van der Waals surface area contributed by atoms with E-state index in [1.54, 1.807) is 32.8 Å². The van der Waals surface area contributed by atoms with Crippen molar-refractivity contribution < 1.29 is 17.7 Å². The Labute approximate surface area is 221 Å². The van der Waals surface area contributed by atoms with Crippen molar-refractivity contribution in [3.05, 3.63) is 26.9 Å². The number of hydrogen-bond donors (Lipinski definition) is 1. The van der Waals surface area contributed by atoms with Crippen molar-refractivity contribution in [3.63, 3.8) is 0 Å². The molecule has 0 saturated carbocycles. The molecule has 0 atom stereocenters. The number of aryl methyl sites for hydroxylation is 1. The maximum absolute atomic E-state index is 11.7. The zero-order chi connectivity index (χ0) is 22.0. The van der Waals surface area contributed by atoms with Crippen molar-refractivity contribution in [2.45, 2.75) is 82.4 Å². The van der Waals surface area contributed by atoms with Crippen LogP contribution >= 0.6 is 32.9 Å². The average Bonchev–Trinajstić information content (AvgIpc) is 3.08. The maximum Gasteiger partial charge on any atom is 0.298 e. The second-order valence-corrected chi connectivity index (χ2v) is 11.8. The van der Waals surface area contributed by atoms with Crippen LogP contribution in [0.5, 0.6) is 5.75 Å². The molecule has 4 nitrogen and oxygen atoms in total. The second kappa shape index (κ2) is 15.2. The van der Waals surface area contributed by atoms with Gasteiger partial charge in [0, 0.05) is 40.0 Å². The van der Waals surface area contributed by atoms with E-state index in [1.807, 2.05) is 0 Å². The van der Waals surface area contributed by atoms with Gasteiger partial charge in [0.1, 0.15) is 14.5 Å². The minimum atomic E-state index is -4.37. The molecule has 9 heteroatoms. The first-order valence-electron chi connectivity index (χ1n) is 10.7. The summed E-state index contributed by atoms with van der Waals surface area (Å²) in [6, 6.07) is 4.83. The number of ether oxygens (including phenoxy) is 1. The van der Waals surface area contributed by atoms with Gasteiger partial charge in [-0.3, -0.25) is 4.55 Å². The molecule has 0 aliphatic heterocycles. The van der Waals surface area contributed by atoms with Gasteiger partial charge in [0.15, 0.2) is 0 Å². The molecule has 169 valence electrons. The summed E-state index contributed by atoms with van der Waals surface area (Å²) in [5, 5.41) is 0. The van der Waals surface area contributed by atoms with Gasteiger partial charge in [-0.15, -0.1) is 0 Å². The molecule has 0 bridgehead atoms. The van der Waals surface area contributed by atoms with Crippen LogP contribution in [0.4, 0.5) is 0 Å². The Kier molecular flexibility index (Phi) is 14.3. The summed E-state index contributed by atoms with van der Waals surface area (Å²) in [4.78, 5) is 0.967. The van der Waals surface area contributed by atoms with Crippen molar-refractivity contribution in [2.24, 2.45) is 0 Å². The predicted molar refractivity (Wildman–Crippen MR) is 136 cm³/mol. The first kappa shape index (κ1) is 29.2. The molecule has 0 aliphatic rings. The molecule has 1 N–H and O–H groups in total. The van der Waals surface area contributed by atoms with E-state index in [-0.39, 0.29) is 40.2 Å². The van der Waals surface area contributed by atoms with Gasteiger partial charge in [0.25, 0.3) is 10.1 Å². The van der Waals surface area contributed by atoms with Gasteiger partial charge < -0.3 is 4.74 Å². The molecule has 1 aromatic carbocycles. The Morgan fingerprint density at radius 2 is 1.55 bits per heavy atom. The fourth-order valence-electron chi connectivity index (χ4n) is 3.54.